The maximum atomic E-state index is 13.0. The molecule has 0 aromatic carbocycles. The number of fused-ring (bicyclic) bond motifs is 1. The van der Waals surface area contributed by atoms with Gasteiger partial charge in [0.25, 0.3) is 5.91 Å². The molecule has 0 bridgehead atoms. The zero-order valence-electron chi connectivity index (χ0n) is 16.4. The van der Waals surface area contributed by atoms with Crippen molar-refractivity contribution in [3.8, 4) is 0 Å². The minimum Gasteiger partial charge on any atom is -0.348 e. The maximum absolute atomic E-state index is 13.0. The summed E-state index contributed by atoms with van der Waals surface area (Å²) in [5, 5.41) is 4.28. The van der Waals surface area contributed by atoms with Crippen molar-refractivity contribution in [1.82, 2.24) is 29.5 Å². The van der Waals surface area contributed by atoms with Crippen LogP contribution in [0.25, 0.3) is 0 Å². The first-order valence-electron chi connectivity index (χ1n) is 10.2. The largest absolute Gasteiger partial charge is 0.348 e. The molecule has 2 atom stereocenters. The van der Waals surface area contributed by atoms with E-state index in [1.54, 1.807) is 17.2 Å². The summed E-state index contributed by atoms with van der Waals surface area (Å²) in [5.41, 5.74) is 1.72. The van der Waals surface area contributed by atoms with Gasteiger partial charge < -0.3 is 14.8 Å². The number of imidazole rings is 1. The van der Waals surface area contributed by atoms with Crippen LogP contribution in [0.3, 0.4) is 0 Å². The molecule has 2 saturated heterocycles. The van der Waals surface area contributed by atoms with Crippen molar-refractivity contribution in [1.29, 1.82) is 0 Å². The van der Waals surface area contributed by atoms with Gasteiger partial charge in [-0.2, -0.15) is 5.10 Å². The Morgan fingerprint density at radius 2 is 2.21 bits per heavy atom. The third kappa shape index (κ3) is 3.68. The van der Waals surface area contributed by atoms with Gasteiger partial charge in [-0.25, -0.2) is 4.98 Å². The van der Waals surface area contributed by atoms with E-state index in [1.165, 1.54) is 0 Å². The van der Waals surface area contributed by atoms with Crippen LogP contribution in [0.1, 0.15) is 48.8 Å². The Balaban J connectivity index is 1.41. The minimum absolute atomic E-state index is 0.0605. The number of likely N-dealkylation sites (tertiary alicyclic amines) is 2. The Hall–Kier alpha value is -2.64. The number of piperidine rings is 2. The lowest BCUT2D eigenvalue weighted by molar-refractivity contribution is -0.140. The Bertz CT molecular complexity index is 815. The number of carbonyl (C=O) groups is 2. The predicted octanol–water partition coefficient (Wildman–Crippen LogP) is 1.71. The van der Waals surface area contributed by atoms with Crippen LogP contribution in [0.4, 0.5) is 0 Å². The van der Waals surface area contributed by atoms with Crippen LogP contribution >= 0.6 is 0 Å². The molecule has 2 aromatic heterocycles. The highest BCUT2D eigenvalue weighted by Crippen LogP contribution is 2.32. The second-order valence-electron chi connectivity index (χ2n) is 7.76. The Labute approximate surface area is 164 Å². The zero-order valence-corrected chi connectivity index (χ0v) is 16.4. The monoisotopic (exact) mass is 384 g/mol. The van der Waals surface area contributed by atoms with Crippen molar-refractivity contribution in [2.75, 3.05) is 19.6 Å². The highest BCUT2D eigenvalue weighted by molar-refractivity contribution is 5.92. The molecular formula is C20H28N6O2. The Kier molecular flexibility index (Phi) is 5.45. The summed E-state index contributed by atoms with van der Waals surface area (Å²) in [6.07, 6.45) is 9.19. The maximum Gasteiger partial charge on any atom is 0.272 e. The summed E-state index contributed by atoms with van der Waals surface area (Å²) in [6, 6.07) is 2.04. The summed E-state index contributed by atoms with van der Waals surface area (Å²) in [5.74, 6) is 0.645. The fraction of sp³-hybridized carbons (Fsp3) is 0.600. The quantitative estimate of drug-likeness (QED) is 0.821. The number of hydrogen-bond donors (Lipinski definition) is 1. The zero-order chi connectivity index (χ0) is 19.5. The molecular weight excluding hydrogens is 356 g/mol. The average Bonchev–Trinajstić information content (AvgIpc) is 3.38. The Morgan fingerprint density at radius 3 is 3.00 bits per heavy atom. The normalized spacial score (nSPS) is 22.4. The summed E-state index contributed by atoms with van der Waals surface area (Å²) in [4.78, 5) is 36.7. The lowest BCUT2D eigenvalue weighted by Crippen LogP contribution is -2.57. The van der Waals surface area contributed by atoms with Crippen LogP contribution in [0, 0.1) is 5.92 Å². The summed E-state index contributed by atoms with van der Waals surface area (Å²) in [6.45, 7) is 4.95. The molecule has 0 unspecified atom stereocenters. The van der Waals surface area contributed by atoms with E-state index < -0.39 is 0 Å². The van der Waals surface area contributed by atoms with Gasteiger partial charge in [0.1, 0.15) is 5.69 Å². The highest BCUT2D eigenvalue weighted by Gasteiger charge is 2.40. The number of nitrogens with zero attached hydrogens (tertiary/aromatic N) is 5. The number of aryl methyl sites for hydroxylation is 1. The van der Waals surface area contributed by atoms with Crippen molar-refractivity contribution < 1.29 is 9.59 Å². The summed E-state index contributed by atoms with van der Waals surface area (Å²) in [7, 11) is 0. The molecule has 4 rings (SSSR count). The van der Waals surface area contributed by atoms with Crippen molar-refractivity contribution >= 4 is 11.8 Å². The van der Waals surface area contributed by atoms with E-state index in [1.807, 2.05) is 22.1 Å². The second-order valence-corrected chi connectivity index (χ2v) is 7.76. The number of nitrogens with one attached hydrogen (secondary N) is 1. The second kappa shape index (κ2) is 8.16. The topological polar surface area (TPSA) is 87.1 Å². The van der Waals surface area contributed by atoms with Crippen LogP contribution in [-0.4, -0.2) is 67.0 Å². The van der Waals surface area contributed by atoms with Crippen LogP contribution in [0.5, 0.6) is 0 Å². The van der Waals surface area contributed by atoms with E-state index in [-0.39, 0.29) is 17.9 Å². The number of aromatic nitrogens is 4. The average molecular weight is 384 g/mol. The minimum atomic E-state index is 0.0605. The number of amides is 2. The van der Waals surface area contributed by atoms with Crippen molar-refractivity contribution in [3.63, 3.8) is 0 Å². The number of H-pyrrole nitrogens is 1. The number of rotatable bonds is 6. The number of carbonyl (C=O) groups excluding carboxylic acids is 2. The van der Waals surface area contributed by atoms with Gasteiger partial charge in [-0.3, -0.25) is 14.3 Å². The lowest BCUT2D eigenvalue weighted by Gasteiger charge is -2.47. The first-order valence-corrected chi connectivity index (χ1v) is 10.2. The van der Waals surface area contributed by atoms with Crippen LogP contribution < -0.4 is 0 Å². The van der Waals surface area contributed by atoms with E-state index in [4.69, 9.17) is 0 Å². The Morgan fingerprint density at radius 1 is 1.32 bits per heavy atom. The van der Waals surface area contributed by atoms with E-state index >= 15 is 0 Å². The molecule has 1 N–H and O–H groups in total. The van der Waals surface area contributed by atoms with E-state index in [0.717, 1.165) is 37.9 Å². The molecule has 2 aromatic rings. The lowest BCUT2D eigenvalue weighted by atomic mass is 9.83. The van der Waals surface area contributed by atoms with Gasteiger partial charge in [0.05, 0.1) is 6.33 Å². The smallest absolute Gasteiger partial charge is 0.272 e. The van der Waals surface area contributed by atoms with Gasteiger partial charge in [0.2, 0.25) is 5.91 Å². The van der Waals surface area contributed by atoms with Gasteiger partial charge in [0, 0.05) is 63.2 Å². The SMILES string of the molecule is CCCn1nccc1C(=O)N1CC[C@@H]2[C@@H](CCC(=O)N2CCc2cnc[nH]2)C1. The molecule has 28 heavy (non-hydrogen) atoms. The molecule has 0 aliphatic carbocycles. The van der Waals surface area contributed by atoms with Crippen LogP contribution in [0.15, 0.2) is 24.8 Å². The molecule has 2 aliphatic rings. The molecule has 2 fully saturated rings. The van der Waals surface area contributed by atoms with Crippen molar-refractivity contribution in [3.05, 3.63) is 36.2 Å². The van der Waals surface area contributed by atoms with Gasteiger partial charge >= 0.3 is 0 Å². The molecule has 4 heterocycles. The van der Waals surface area contributed by atoms with Gasteiger partial charge in [0.15, 0.2) is 0 Å². The molecule has 8 heteroatoms. The molecule has 2 amide bonds. The van der Waals surface area contributed by atoms with E-state index in [9.17, 15) is 9.59 Å². The summed E-state index contributed by atoms with van der Waals surface area (Å²) >= 11 is 0. The molecule has 0 spiro atoms. The van der Waals surface area contributed by atoms with Gasteiger partial charge in [-0.1, -0.05) is 6.92 Å². The first-order chi connectivity index (χ1) is 13.7. The molecule has 150 valence electrons. The highest BCUT2D eigenvalue weighted by atomic mass is 16.2. The molecule has 0 saturated carbocycles. The van der Waals surface area contributed by atoms with E-state index in [0.29, 0.717) is 37.7 Å². The fourth-order valence-electron chi connectivity index (χ4n) is 4.55. The molecule has 8 nitrogen and oxygen atoms in total. The number of aromatic amines is 1. The van der Waals surface area contributed by atoms with Crippen molar-refractivity contribution in [2.45, 2.75) is 51.6 Å². The standard InChI is InChI=1S/C20H28N6O2/c1-2-9-26-18(5-8-23-26)20(28)24-10-7-17-15(13-24)3-4-19(27)25(17)11-6-16-12-21-14-22-16/h5,8,12,14-15,17H,2-4,6-7,9-11,13H2,1H3,(H,21,22)/t15-,17+/m0/s1. The van der Waals surface area contributed by atoms with Crippen molar-refractivity contribution in [2.24, 2.45) is 5.92 Å². The first kappa shape index (κ1) is 18.7. The molecule has 0 radical (unpaired) electrons. The molecule has 2 aliphatic heterocycles. The van der Waals surface area contributed by atoms with E-state index in [2.05, 4.69) is 22.0 Å². The van der Waals surface area contributed by atoms with Gasteiger partial charge in [-0.15, -0.1) is 0 Å². The fourth-order valence-corrected chi connectivity index (χ4v) is 4.55. The van der Waals surface area contributed by atoms with Crippen LogP contribution in [-0.2, 0) is 17.8 Å². The third-order valence-corrected chi connectivity index (χ3v) is 5.98. The number of hydrogen-bond acceptors (Lipinski definition) is 4. The predicted molar refractivity (Wildman–Crippen MR) is 104 cm³/mol. The summed E-state index contributed by atoms with van der Waals surface area (Å²) < 4.78 is 1.80. The van der Waals surface area contributed by atoms with Gasteiger partial charge in [-0.05, 0) is 31.2 Å². The third-order valence-electron chi connectivity index (χ3n) is 5.98. The van der Waals surface area contributed by atoms with Crippen LogP contribution in [0.2, 0.25) is 0 Å².